The summed E-state index contributed by atoms with van der Waals surface area (Å²) in [5.41, 5.74) is 0.482. The third kappa shape index (κ3) is 6.17. The zero-order valence-electron chi connectivity index (χ0n) is 17.1. The molecule has 1 saturated heterocycles. The summed E-state index contributed by atoms with van der Waals surface area (Å²) >= 11 is 0. The molecule has 2 heterocycles. The summed E-state index contributed by atoms with van der Waals surface area (Å²) in [5.74, 6) is 0.113. The van der Waals surface area contributed by atoms with Crippen molar-refractivity contribution in [3.63, 3.8) is 0 Å². The molecule has 12 heteroatoms. The summed E-state index contributed by atoms with van der Waals surface area (Å²) in [6.07, 6.45) is -3.82. The Hall–Kier alpha value is -2.18. The maximum atomic E-state index is 12.7. The lowest BCUT2D eigenvalue weighted by atomic mass is 10.2. The summed E-state index contributed by atoms with van der Waals surface area (Å²) in [5, 5.41) is 0. The van der Waals surface area contributed by atoms with Crippen molar-refractivity contribution >= 4 is 21.8 Å². The summed E-state index contributed by atoms with van der Waals surface area (Å²) in [4.78, 5) is 18.1. The van der Waals surface area contributed by atoms with Gasteiger partial charge in [0.2, 0.25) is 5.91 Å². The lowest BCUT2D eigenvalue weighted by molar-refractivity contribution is -0.174. The number of halogens is 3. The van der Waals surface area contributed by atoms with Gasteiger partial charge in [-0.2, -0.15) is 21.6 Å². The Morgan fingerprint density at radius 3 is 2.55 bits per heavy atom. The first kappa shape index (κ1) is 23.5. The topological polar surface area (TPSA) is 82.5 Å². The molecule has 2 aliphatic rings. The first-order chi connectivity index (χ1) is 14.6. The van der Waals surface area contributed by atoms with E-state index in [1.165, 1.54) is 11.0 Å². The number of carbonyl (C=O) groups excluding carboxylic acids is 1. The van der Waals surface area contributed by atoms with E-state index >= 15 is 0 Å². The van der Waals surface area contributed by atoms with Crippen LogP contribution in [-0.2, 0) is 19.6 Å². The highest BCUT2D eigenvalue weighted by molar-refractivity contribution is 7.90. The second kappa shape index (κ2) is 9.53. The second-order valence-electron chi connectivity index (χ2n) is 7.49. The number of piperazine rings is 1. The average molecular weight is 462 g/mol. The summed E-state index contributed by atoms with van der Waals surface area (Å²) in [6.45, 7) is 1.63. The first-order valence-corrected chi connectivity index (χ1v) is 11.3. The van der Waals surface area contributed by atoms with Gasteiger partial charge in [0.15, 0.2) is 5.84 Å². The van der Waals surface area contributed by atoms with Crippen molar-refractivity contribution in [3.8, 4) is 0 Å². The van der Waals surface area contributed by atoms with E-state index in [4.69, 9.17) is 0 Å². The predicted molar refractivity (Wildman–Crippen MR) is 107 cm³/mol. The lowest BCUT2D eigenvalue weighted by Crippen LogP contribution is -2.51. The molecule has 1 aromatic rings. The maximum Gasteiger partial charge on any atom is 0.411 e. The standard InChI is InChI=1S/C19H25F3N4O4S/c1-24(18-15-5-2-3-6-16(15)31(28,29)23-18)13-17(27)26-10-8-25(9-11-26)7-4-12-30-14-19(20,21)22/h2-3,5-6H,4,7-14H2,1H3. The molecule has 0 saturated carbocycles. The smallest absolute Gasteiger partial charge is 0.372 e. The van der Waals surface area contributed by atoms with Crippen LogP contribution in [0.2, 0.25) is 0 Å². The van der Waals surface area contributed by atoms with Gasteiger partial charge in [-0.05, 0) is 18.6 Å². The number of hydrogen-bond donors (Lipinski definition) is 0. The van der Waals surface area contributed by atoms with Crippen LogP contribution in [0.5, 0.6) is 0 Å². The van der Waals surface area contributed by atoms with Crippen LogP contribution in [0.25, 0.3) is 0 Å². The van der Waals surface area contributed by atoms with Crippen LogP contribution in [-0.4, -0.2) is 101 Å². The fourth-order valence-corrected chi connectivity index (χ4v) is 4.79. The van der Waals surface area contributed by atoms with Crippen LogP contribution in [0, 0.1) is 0 Å². The van der Waals surface area contributed by atoms with E-state index < -0.39 is 22.8 Å². The number of nitrogens with zero attached hydrogens (tertiary/aromatic N) is 4. The molecule has 1 aromatic carbocycles. The minimum atomic E-state index is -4.31. The molecule has 3 rings (SSSR count). The number of sulfonamides is 1. The Labute approximate surface area is 179 Å². The number of fused-ring (bicyclic) bond motifs is 1. The molecule has 0 bridgehead atoms. The average Bonchev–Trinajstić information content (AvgIpc) is 2.99. The summed E-state index contributed by atoms with van der Waals surface area (Å²) < 4.78 is 68.9. The van der Waals surface area contributed by atoms with Gasteiger partial charge in [0.1, 0.15) is 11.5 Å². The molecular weight excluding hydrogens is 437 g/mol. The highest BCUT2D eigenvalue weighted by Crippen LogP contribution is 2.26. The van der Waals surface area contributed by atoms with E-state index in [9.17, 15) is 26.4 Å². The minimum absolute atomic E-state index is 0.00598. The molecule has 0 unspecified atom stereocenters. The van der Waals surface area contributed by atoms with E-state index in [1.807, 2.05) is 0 Å². The van der Waals surface area contributed by atoms with E-state index in [2.05, 4.69) is 14.0 Å². The highest BCUT2D eigenvalue weighted by Gasteiger charge is 2.32. The number of alkyl halides is 3. The number of rotatable bonds is 7. The van der Waals surface area contributed by atoms with Crippen LogP contribution < -0.4 is 0 Å². The largest absolute Gasteiger partial charge is 0.411 e. The van der Waals surface area contributed by atoms with Gasteiger partial charge in [-0.15, -0.1) is 4.40 Å². The molecular formula is C19H25F3N4O4S. The third-order valence-electron chi connectivity index (χ3n) is 5.10. The van der Waals surface area contributed by atoms with Crippen molar-refractivity contribution in [2.45, 2.75) is 17.5 Å². The lowest BCUT2D eigenvalue weighted by Gasteiger charge is -2.35. The maximum absolute atomic E-state index is 12.7. The Bertz CT molecular complexity index is 928. The van der Waals surface area contributed by atoms with Gasteiger partial charge < -0.3 is 14.5 Å². The Kier molecular flexibility index (Phi) is 7.22. The van der Waals surface area contributed by atoms with E-state index in [1.54, 1.807) is 30.1 Å². The van der Waals surface area contributed by atoms with Crippen LogP contribution in [0.4, 0.5) is 13.2 Å². The molecule has 1 fully saturated rings. The van der Waals surface area contributed by atoms with E-state index in [0.717, 1.165) is 0 Å². The number of likely N-dealkylation sites (N-methyl/N-ethyl adjacent to an activating group) is 1. The second-order valence-corrected chi connectivity index (χ2v) is 9.06. The minimum Gasteiger partial charge on any atom is -0.372 e. The predicted octanol–water partition coefficient (Wildman–Crippen LogP) is 1.18. The fraction of sp³-hybridized carbons (Fsp3) is 0.579. The molecule has 2 aliphatic heterocycles. The number of carbonyl (C=O) groups is 1. The van der Waals surface area contributed by atoms with Crippen LogP contribution >= 0.6 is 0 Å². The van der Waals surface area contributed by atoms with Crippen molar-refractivity contribution < 1.29 is 31.1 Å². The van der Waals surface area contributed by atoms with Gasteiger partial charge in [-0.1, -0.05) is 12.1 Å². The van der Waals surface area contributed by atoms with Gasteiger partial charge in [0.25, 0.3) is 10.0 Å². The molecule has 0 aromatic heterocycles. The molecule has 8 nitrogen and oxygen atoms in total. The highest BCUT2D eigenvalue weighted by atomic mass is 32.2. The SMILES string of the molecule is CN(CC(=O)N1CCN(CCCOCC(F)(F)F)CC1)C1=NS(=O)(=O)c2ccccc21. The molecule has 0 N–H and O–H groups in total. The number of amidine groups is 1. The first-order valence-electron chi connectivity index (χ1n) is 9.87. The Morgan fingerprint density at radius 2 is 1.87 bits per heavy atom. The summed E-state index contributed by atoms with van der Waals surface area (Å²) in [7, 11) is -2.12. The molecule has 0 aliphatic carbocycles. The van der Waals surface area contributed by atoms with Gasteiger partial charge in [0.05, 0.1) is 6.54 Å². The third-order valence-corrected chi connectivity index (χ3v) is 6.43. The monoisotopic (exact) mass is 462 g/mol. The number of ether oxygens (including phenoxy) is 1. The van der Waals surface area contributed by atoms with Gasteiger partial charge in [0, 0.05) is 51.9 Å². The fourth-order valence-electron chi connectivity index (χ4n) is 3.54. The van der Waals surface area contributed by atoms with Crippen LogP contribution in [0.15, 0.2) is 33.6 Å². The van der Waals surface area contributed by atoms with Gasteiger partial charge in [-0.25, -0.2) is 0 Å². The Morgan fingerprint density at radius 1 is 1.19 bits per heavy atom. The molecule has 0 atom stereocenters. The number of amides is 1. The van der Waals surface area contributed by atoms with Gasteiger partial charge in [-0.3, -0.25) is 9.69 Å². The Balaban J connectivity index is 1.43. The van der Waals surface area contributed by atoms with Crippen molar-refractivity contribution in [1.29, 1.82) is 0 Å². The summed E-state index contributed by atoms with van der Waals surface area (Å²) in [6, 6.07) is 6.50. The normalized spacial score (nSPS) is 18.6. The van der Waals surface area contributed by atoms with Crippen LogP contribution in [0.1, 0.15) is 12.0 Å². The molecule has 172 valence electrons. The quantitative estimate of drug-likeness (QED) is 0.566. The van der Waals surface area contributed by atoms with E-state index in [-0.39, 0.29) is 29.8 Å². The van der Waals surface area contributed by atoms with Crippen molar-refractivity contribution in [3.05, 3.63) is 29.8 Å². The van der Waals surface area contributed by atoms with Gasteiger partial charge >= 0.3 is 6.18 Å². The molecule has 0 spiro atoms. The molecule has 1 amide bonds. The van der Waals surface area contributed by atoms with Crippen molar-refractivity contribution in [2.24, 2.45) is 4.40 Å². The number of hydrogen-bond acceptors (Lipinski definition) is 6. The zero-order chi connectivity index (χ0) is 22.6. The van der Waals surface area contributed by atoms with Crippen molar-refractivity contribution in [2.75, 3.05) is 59.5 Å². The van der Waals surface area contributed by atoms with E-state index in [0.29, 0.717) is 44.7 Å². The molecule has 0 radical (unpaired) electrons. The van der Waals surface area contributed by atoms with Crippen molar-refractivity contribution in [1.82, 2.24) is 14.7 Å². The molecule has 31 heavy (non-hydrogen) atoms. The number of benzene rings is 1. The zero-order valence-corrected chi connectivity index (χ0v) is 18.0. The van der Waals surface area contributed by atoms with Crippen LogP contribution in [0.3, 0.4) is 0 Å².